The standard InChI is InChI=1S/C23H29ClN2OS/c1-18-7-9-19(10-8-18)17-28-13-11-25-23(27)21-5-3-12-26(16-21)15-20-4-2-6-22(24)14-20/h2,4,6-10,14,21H,3,5,11-13,15-17H2,1H3,(H,25,27). The van der Waals surface area contributed by atoms with E-state index in [4.69, 9.17) is 11.6 Å². The molecule has 2 aromatic carbocycles. The van der Waals surface area contributed by atoms with Crippen LogP contribution in [-0.2, 0) is 17.1 Å². The summed E-state index contributed by atoms with van der Waals surface area (Å²) in [4.78, 5) is 14.9. The van der Waals surface area contributed by atoms with Crippen molar-refractivity contribution in [2.45, 2.75) is 32.1 Å². The molecule has 0 spiro atoms. The fourth-order valence-corrected chi connectivity index (χ4v) is 4.60. The van der Waals surface area contributed by atoms with Crippen LogP contribution >= 0.6 is 23.4 Å². The molecule has 3 rings (SSSR count). The number of rotatable bonds is 8. The Labute approximate surface area is 177 Å². The Bertz CT molecular complexity index is 765. The van der Waals surface area contributed by atoms with Gasteiger partial charge in [0.25, 0.3) is 0 Å². The van der Waals surface area contributed by atoms with Gasteiger partial charge < -0.3 is 5.32 Å². The van der Waals surface area contributed by atoms with Crippen LogP contribution in [0.3, 0.4) is 0 Å². The first kappa shape index (κ1) is 21.2. The van der Waals surface area contributed by atoms with Crippen molar-refractivity contribution in [3.63, 3.8) is 0 Å². The highest BCUT2D eigenvalue weighted by Gasteiger charge is 2.25. The zero-order chi connectivity index (χ0) is 19.8. The minimum Gasteiger partial charge on any atom is -0.355 e. The SMILES string of the molecule is Cc1ccc(CSCCNC(=O)C2CCCN(Cc3cccc(Cl)c3)C2)cc1. The molecule has 28 heavy (non-hydrogen) atoms. The molecule has 0 aliphatic carbocycles. The molecule has 0 saturated carbocycles. The molecule has 1 amide bonds. The van der Waals surface area contributed by atoms with Gasteiger partial charge in [-0.2, -0.15) is 11.8 Å². The Morgan fingerprint density at radius 1 is 1.21 bits per heavy atom. The topological polar surface area (TPSA) is 32.3 Å². The summed E-state index contributed by atoms with van der Waals surface area (Å²) in [5.74, 6) is 2.23. The summed E-state index contributed by atoms with van der Waals surface area (Å²) in [6.07, 6.45) is 2.05. The summed E-state index contributed by atoms with van der Waals surface area (Å²) in [5.41, 5.74) is 3.84. The molecule has 0 bridgehead atoms. The second kappa shape index (κ2) is 10.9. The Balaban J connectivity index is 1.36. The highest BCUT2D eigenvalue weighted by molar-refractivity contribution is 7.98. The molecule has 5 heteroatoms. The molecular weight excluding hydrogens is 388 g/mol. The van der Waals surface area contributed by atoms with Crippen molar-refractivity contribution in [1.82, 2.24) is 10.2 Å². The fourth-order valence-electron chi connectivity index (χ4n) is 3.57. The van der Waals surface area contributed by atoms with E-state index in [0.717, 1.165) is 55.5 Å². The first-order chi connectivity index (χ1) is 13.6. The molecule has 1 atom stereocenters. The van der Waals surface area contributed by atoms with Crippen molar-refractivity contribution in [3.8, 4) is 0 Å². The number of nitrogens with zero attached hydrogens (tertiary/aromatic N) is 1. The Morgan fingerprint density at radius 3 is 2.82 bits per heavy atom. The Kier molecular flexibility index (Phi) is 8.26. The number of likely N-dealkylation sites (tertiary alicyclic amines) is 1. The number of benzene rings is 2. The average Bonchev–Trinajstić information content (AvgIpc) is 2.69. The van der Waals surface area contributed by atoms with Crippen LogP contribution in [0.2, 0.25) is 5.02 Å². The summed E-state index contributed by atoms with van der Waals surface area (Å²) < 4.78 is 0. The quantitative estimate of drug-likeness (QED) is 0.620. The summed E-state index contributed by atoms with van der Waals surface area (Å²) in [6, 6.07) is 16.6. The van der Waals surface area contributed by atoms with Crippen LogP contribution in [0.15, 0.2) is 48.5 Å². The number of carbonyl (C=O) groups is 1. The first-order valence-corrected chi connectivity index (χ1v) is 11.5. The molecule has 1 aliphatic rings. The van der Waals surface area contributed by atoms with Gasteiger partial charge in [0.05, 0.1) is 5.92 Å². The molecule has 1 N–H and O–H groups in total. The number of carbonyl (C=O) groups excluding carboxylic acids is 1. The third-order valence-corrected chi connectivity index (χ3v) is 6.37. The van der Waals surface area contributed by atoms with Crippen molar-refractivity contribution < 1.29 is 4.79 Å². The van der Waals surface area contributed by atoms with E-state index in [2.05, 4.69) is 47.5 Å². The van der Waals surface area contributed by atoms with Gasteiger partial charge in [-0.25, -0.2) is 0 Å². The number of hydrogen-bond donors (Lipinski definition) is 1. The van der Waals surface area contributed by atoms with E-state index >= 15 is 0 Å². The third kappa shape index (κ3) is 6.84. The monoisotopic (exact) mass is 416 g/mol. The molecule has 1 unspecified atom stereocenters. The second-order valence-electron chi connectivity index (χ2n) is 7.53. The van der Waals surface area contributed by atoms with Gasteiger partial charge in [-0.05, 0) is 49.6 Å². The maximum Gasteiger partial charge on any atom is 0.224 e. The van der Waals surface area contributed by atoms with Crippen molar-refractivity contribution in [2.75, 3.05) is 25.4 Å². The van der Waals surface area contributed by atoms with E-state index in [1.165, 1.54) is 16.7 Å². The van der Waals surface area contributed by atoms with Crippen LogP contribution in [0, 0.1) is 12.8 Å². The lowest BCUT2D eigenvalue weighted by molar-refractivity contribution is -0.126. The van der Waals surface area contributed by atoms with Crippen LogP contribution < -0.4 is 5.32 Å². The van der Waals surface area contributed by atoms with E-state index in [-0.39, 0.29) is 11.8 Å². The van der Waals surface area contributed by atoms with E-state index < -0.39 is 0 Å². The maximum absolute atomic E-state index is 12.6. The first-order valence-electron chi connectivity index (χ1n) is 9.98. The molecule has 1 saturated heterocycles. The van der Waals surface area contributed by atoms with Crippen LogP contribution in [0.1, 0.15) is 29.5 Å². The predicted octanol–water partition coefficient (Wildman–Crippen LogP) is 4.91. The van der Waals surface area contributed by atoms with Gasteiger partial charge in [0, 0.05) is 36.2 Å². The average molecular weight is 417 g/mol. The fraction of sp³-hybridized carbons (Fsp3) is 0.435. The highest BCUT2D eigenvalue weighted by Crippen LogP contribution is 2.20. The van der Waals surface area contributed by atoms with Crippen molar-refractivity contribution >= 4 is 29.3 Å². The van der Waals surface area contributed by atoms with E-state index in [1.807, 2.05) is 30.0 Å². The molecule has 0 aromatic heterocycles. The third-order valence-electron chi connectivity index (χ3n) is 5.11. The zero-order valence-electron chi connectivity index (χ0n) is 16.5. The zero-order valence-corrected chi connectivity index (χ0v) is 18.1. The lowest BCUT2D eigenvalue weighted by Gasteiger charge is -2.32. The summed E-state index contributed by atoms with van der Waals surface area (Å²) in [5, 5.41) is 3.90. The van der Waals surface area contributed by atoms with Crippen LogP contribution in [0.5, 0.6) is 0 Å². The predicted molar refractivity (Wildman–Crippen MR) is 120 cm³/mol. The van der Waals surface area contributed by atoms with Crippen molar-refractivity contribution in [2.24, 2.45) is 5.92 Å². The van der Waals surface area contributed by atoms with Gasteiger partial charge in [-0.3, -0.25) is 9.69 Å². The van der Waals surface area contributed by atoms with Gasteiger partial charge in [0.2, 0.25) is 5.91 Å². The number of nitrogens with one attached hydrogen (secondary N) is 1. The van der Waals surface area contributed by atoms with Crippen LogP contribution in [-0.4, -0.2) is 36.2 Å². The molecule has 1 heterocycles. The highest BCUT2D eigenvalue weighted by atomic mass is 35.5. The minimum atomic E-state index is 0.0926. The van der Waals surface area contributed by atoms with E-state index in [0.29, 0.717) is 0 Å². The maximum atomic E-state index is 12.6. The summed E-state index contributed by atoms with van der Waals surface area (Å²) in [6.45, 7) is 5.57. The smallest absolute Gasteiger partial charge is 0.224 e. The number of hydrogen-bond acceptors (Lipinski definition) is 3. The van der Waals surface area contributed by atoms with E-state index in [9.17, 15) is 4.79 Å². The summed E-state index contributed by atoms with van der Waals surface area (Å²) >= 11 is 7.95. The van der Waals surface area contributed by atoms with Crippen molar-refractivity contribution in [1.29, 1.82) is 0 Å². The second-order valence-corrected chi connectivity index (χ2v) is 9.08. The van der Waals surface area contributed by atoms with E-state index in [1.54, 1.807) is 0 Å². The van der Waals surface area contributed by atoms with Gasteiger partial charge in [0.1, 0.15) is 0 Å². The lowest BCUT2D eigenvalue weighted by Crippen LogP contribution is -2.43. The van der Waals surface area contributed by atoms with Gasteiger partial charge in [-0.1, -0.05) is 53.6 Å². The van der Waals surface area contributed by atoms with Crippen LogP contribution in [0.25, 0.3) is 0 Å². The number of amides is 1. The number of halogens is 1. The van der Waals surface area contributed by atoms with Crippen LogP contribution in [0.4, 0.5) is 0 Å². The normalized spacial score (nSPS) is 17.4. The largest absolute Gasteiger partial charge is 0.355 e. The molecule has 3 nitrogen and oxygen atoms in total. The van der Waals surface area contributed by atoms with Crippen molar-refractivity contribution in [3.05, 3.63) is 70.2 Å². The van der Waals surface area contributed by atoms with Gasteiger partial charge in [-0.15, -0.1) is 0 Å². The molecular formula is C23H29ClN2OS. The lowest BCUT2D eigenvalue weighted by atomic mass is 9.96. The molecule has 1 fully saturated rings. The number of piperidine rings is 1. The summed E-state index contributed by atoms with van der Waals surface area (Å²) in [7, 11) is 0. The molecule has 2 aromatic rings. The number of thioether (sulfide) groups is 1. The van der Waals surface area contributed by atoms with Gasteiger partial charge >= 0.3 is 0 Å². The van der Waals surface area contributed by atoms with Gasteiger partial charge in [0.15, 0.2) is 0 Å². The molecule has 1 aliphatic heterocycles. The Hall–Kier alpha value is -1.49. The number of aryl methyl sites for hydroxylation is 1. The minimum absolute atomic E-state index is 0.0926. The molecule has 150 valence electrons. The Morgan fingerprint density at radius 2 is 2.04 bits per heavy atom. The molecule has 0 radical (unpaired) electrons.